The van der Waals surface area contributed by atoms with Crippen LogP contribution in [0, 0.1) is 0 Å². The van der Waals surface area contributed by atoms with Gasteiger partial charge in [0.1, 0.15) is 0 Å². The van der Waals surface area contributed by atoms with Gasteiger partial charge in [-0.25, -0.2) is 0 Å². The molecule has 1 rings (SSSR count). The van der Waals surface area contributed by atoms with Gasteiger partial charge >= 0.3 is 0 Å². The lowest BCUT2D eigenvalue weighted by molar-refractivity contribution is 0.502. The Balaban J connectivity index is 2.21. The zero-order valence-electron chi connectivity index (χ0n) is 28.6. The topological polar surface area (TPSA) is 40.5 Å². The quantitative estimate of drug-likeness (QED) is 0.0599. The van der Waals surface area contributed by atoms with Crippen LogP contribution in [-0.2, 0) is 24.6 Å². The molecule has 0 bridgehead atoms. The molecule has 0 spiro atoms. The zero-order chi connectivity index (χ0) is 31.3. The molecule has 0 heterocycles. The van der Waals surface area contributed by atoms with Gasteiger partial charge in [-0.2, -0.15) is 0 Å². The minimum absolute atomic E-state index is 1.02. The average Bonchev–Trinajstić information content (AvgIpc) is 2.98. The van der Waals surface area contributed by atoms with Gasteiger partial charge in [0.2, 0.25) is 5.69 Å². The Morgan fingerprint density at radius 2 is 0.721 bits per heavy atom. The molecule has 43 heavy (non-hydrogen) atoms. The van der Waals surface area contributed by atoms with Crippen molar-refractivity contribution >= 4 is 28.9 Å². The maximum absolute atomic E-state index is 10.2. The fraction of sp³-hybridized carbons (Fsp3) is 0.842. The molecule has 0 amide bonds. The van der Waals surface area contributed by atoms with Crippen LogP contribution in [0.5, 0.6) is 0 Å². The van der Waals surface area contributed by atoms with Crippen LogP contribution in [0.2, 0.25) is 0 Å². The van der Waals surface area contributed by atoms with Crippen LogP contribution in [0.1, 0.15) is 205 Å². The largest absolute Gasteiger partial charge is 0.337 e. The van der Waals surface area contributed by atoms with Crippen molar-refractivity contribution in [1.82, 2.24) is 0 Å². The maximum Gasteiger partial charge on any atom is 0.246 e. The number of hydrogen-bond acceptors (Lipinski definition) is 2. The monoisotopic (exact) mass is 654 g/mol. The van der Waals surface area contributed by atoms with Crippen molar-refractivity contribution in [3.63, 3.8) is 0 Å². The predicted octanol–water partition coefficient (Wildman–Crippen LogP) is 14.0. The van der Waals surface area contributed by atoms with Crippen LogP contribution < -0.4 is 0 Å². The summed E-state index contributed by atoms with van der Waals surface area (Å²) in [7, 11) is 0. The van der Waals surface area contributed by atoms with Crippen molar-refractivity contribution < 1.29 is 9.79 Å². The van der Waals surface area contributed by atoms with E-state index < -0.39 is 5.69 Å². The molecule has 0 unspecified atom stereocenters. The van der Waals surface area contributed by atoms with Gasteiger partial charge in [0, 0.05) is 4.90 Å². The van der Waals surface area contributed by atoms with Crippen LogP contribution in [0.25, 0.3) is 0 Å². The highest BCUT2D eigenvalue weighted by Crippen LogP contribution is 2.56. The molecule has 0 saturated carbocycles. The highest BCUT2D eigenvalue weighted by atomic mass is 32.9. The van der Waals surface area contributed by atoms with Crippen molar-refractivity contribution in [2.45, 2.75) is 211 Å². The number of hydrogen-bond donors (Lipinski definition) is 2. The van der Waals surface area contributed by atoms with E-state index in [4.69, 9.17) is 11.8 Å². The van der Waals surface area contributed by atoms with E-state index in [1.807, 2.05) is 0 Å². The Labute approximate surface area is 278 Å². The molecular formula is C38H71O2PS2. The minimum Gasteiger partial charge on any atom is -0.337 e. The molecule has 252 valence electrons. The Morgan fingerprint density at radius 3 is 0.977 bits per heavy atom. The number of benzene rings is 1. The highest BCUT2D eigenvalue weighted by Gasteiger charge is 2.17. The highest BCUT2D eigenvalue weighted by molar-refractivity contribution is 8.67. The predicted molar refractivity (Wildman–Crippen MR) is 199 cm³/mol. The molecule has 0 atom stereocenters. The van der Waals surface area contributed by atoms with Crippen LogP contribution in [0.3, 0.4) is 0 Å². The van der Waals surface area contributed by atoms with Gasteiger partial charge in [0.15, 0.2) is 0 Å². The van der Waals surface area contributed by atoms with E-state index in [0.717, 1.165) is 29.1 Å². The normalized spacial score (nSPS) is 11.9. The SMILES string of the molecule is CCCCCCCCCCCCCCCCc1cccc(CCCCCCCCCCCCCCCC)c1SP(O)(O)=S. The summed E-state index contributed by atoms with van der Waals surface area (Å²) < 4.78 is 0. The van der Waals surface area contributed by atoms with Gasteiger partial charge in [-0.1, -0.05) is 199 Å². The third kappa shape index (κ3) is 26.0. The van der Waals surface area contributed by atoms with E-state index >= 15 is 0 Å². The summed E-state index contributed by atoms with van der Waals surface area (Å²) in [5.41, 5.74) is -0.803. The van der Waals surface area contributed by atoms with Gasteiger partial charge in [-0.05, 0) is 60.0 Å². The van der Waals surface area contributed by atoms with Crippen molar-refractivity contribution in [2.24, 2.45) is 0 Å². The lowest BCUT2D eigenvalue weighted by atomic mass is 9.99. The Hall–Kier alpha value is 0.140. The molecule has 2 N–H and O–H groups in total. The van der Waals surface area contributed by atoms with Gasteiger partial charge < -0.3 is 9.79 Å². The van der Waals surface area contributed by atoms with E-state index in [9.17, 15) is 9.79 Å². The molecule has 2 nitrogen and oxygen atoms in total. The Morgan fingerprint density at radius 1 is 0.465 bits per heavy atom. The molecule has 0 aliphatic carbocycles. The van der Waals surface area contributed by atoms with Gasteiger partial charge in [0.05, 0.1) is 0 Å². The van der Waals surface area contributed by atoms with Crippen molar-refractivity contribution in [3.8, 4) is 0 Å². The van der Waals surface area contributed by atoms with Crippen LogP contribution in [0.15, 0.2) is 23.1 Å². The fourth-order valence-corrected chi connectivity index (χ4v) is 9.19. The molecule has 0 saturated heterocycles. The van der Waals surface area contributed by atoms with Crippen molar-refractivity contribution in [1.29, 1.82) is 0 Å². The fourth-order valence-electron chi connectivity index (χ4n) is 6.29. The molecule has 0 aromatic heterocycles. The second-order valence-electron chi connectivity index (χ2n) is 13.2. The summed E-state index contributed by atoms with van der Waals surface area (Å²) in [5.74, 6) is 0. The summed E-state index contributed by atoms with van der Waals surface area (Å²) in [6.07, 6.45) is 40.4. The molecule has 1 aromatic carbocycles. The van der Waals surface area contributed by atoms with Crippen LogP contribution >= 0.6 is 17.1 Å². The lowest BCUT2D eigenvalue weighted by Crippen LogP contribution is -1.96. The summed E-state index contributed by atoms with van der Waals surface area (Å²) in [4.78, 5) is 21.4. The molecule has 1 aromatic rings. The van der Waals surface area contributed by atoms with E-state index in [0.29, 0.717) is 0 Å². The third-order valence-corrected chi connectivity index (χ3v) is 11.9. The van der Waals surface area contributed by atoms with E-state index in [2.05, 4.69) is 32.0 Å². The zero-order valence-corrected chi connectivity index (χ0v) is 31.1. The Kier molecular flexibility index (Phi) is 28.3. The lowest BCUT2D eigenvalue weighted by Gasteiger charge is -2.16. The minimum atomic E-state index is -3.34. The molecule has 5 heteroatoms. The smallest absolute Gasteiger partial charge is 0.246 e. The molecule has 0 aliphatic heterocycles. The van der Waals surface area contributed by atoms with Gasteiger partial charge in [-0.15, -0.1) is 0 Å². The van der Waals surface area contributed by atoms with Crippen molar-refractivity contribution in [2.75, 3.05) is 0 Å². The van der Waals surface area contributed by atoms with Crippen LogP contribution in [-0.4, -0.2) is 9.79 Å². The first-order valence-electron chi connectivity index (χ1n) is 18.8. The first-order valence-corrected chi connectivity index (χ1v) is 23.0. The molecular weight excluding hydrogens is 584 g/mol. The summed E-state index contributed by atoms with van der Waals surface area (Å²) >= 11 is 6.22. The summed E-state index contributed by atoms with van der Waals surface area (Å²) in [5, 5.41) is 0. The Bertz CT molecular complexity index is 744. The number of rotatable bonds is 32. The van der Waals surface area contributed by atoms with Gasteiger partial charge in [0.25, 0.3) is 0 Å². The third-order valence-electron chi connectivity index (χ3n) is 8.99. The summed E-state index contributed by atoms with van der Waals surface area (Å²) in [6.45, 7) is 4.58. The number of unbranched alkanes of at least 4 members (excludes halogenated alkanes) is 26. The first-order chi connectivity index (χ1) is 21.0. The van der Waals surface area contributed by atoms with Crippen LogP contribution in [0.4, 0.5) is 0 Å². The second-order valence-corrected chi connectivity index (χ2v) is 19.0. The van der Waals surface area contributed by atoms with E-state index in [1.54, 1.807) is 0 Å². The molecule has 0 fully saturated rings. The number of aryl methyl sites for hydroxylation is 2. The van der Waals surface area contributed by atoms with E-state index in [-0.39, 0.29) is 0 Å². The standard InChI is InChI=1S/C38H71O2PS2/c1-3-5-7-9-11-13-15-17-19-21-23-25-27-29-32-36-34-31-35-37(38(36)43-41(39,40)42)33-30-28-26-24-22-20-18-16-14-12-10-8-6-4-2/h31,34-35H,3-30,32-33H2,1-2H3,(H2,39,40,42). The first kappa shape index (κ1) is 41.2. The maximum atomic E-state index is 10.2. The van der Waals surface area contributed by atoms with Gasteiger partial charge in [-0.3, -0.25) is 0 Å². The second kappa shape index (κ2) is 29.5. The summed E-state index contributed by atoms with van der Waals surface area (Å²) in [6, 6.07) is 6.54. The van der Waals surface area contributed by atoms with E-state index in [1.165, 1.54) is 191 Å². The molecule has 0 radical (unpaired) electrons. The molecule has 0 aliphatic rings. The average molecular weight is 655 g/mol. The van der Waals surface area contributed by atoms with Crippen molar-refractivity contribution in [3.05, 3.63) is 29.3 Å².